The summed E-state index contributed by atoms with van der Waals surface area (Å²) in [5, 5.41) is 2.89. The maximum absolute atomic E-state index is 12.0. The lowest BCUT2D eigenvalue weighted by Gasteiger charge is -2.25. The van der Waals surface area contributed by atoms with Gasteiger partial charge in [-0.2, -0.15) is 0 Å². The molecular formula is C17H23N3O3. The normalized spacial score (nSPS) is 16.0. The lowest BCUT2D eigenvalue weighted by Crippen LogP contribution is -2.37. The first-order valence-electron chi connectivity index (χ1n) is 7.80. The monoisotopic (exact) mass is 317 g/mol. The number of nitrogens with zero attached hydrogens (tertiary/aromatic N) is 2. The summed E-state index contributed by atoms with van der Waals surface area (Å²) in [5.74, 6) is -0.517. The molecule has 2 rings (SSSR count). The van der Waals surface area contributed by atoms with Crippen molar-refractivity contribution in [3.8, 4) is 0 Å². The first kappa shape index (κ1) is 17.1. The second-order valence-corrected chi connectivity index (χ2v) is 5.88. The average Bonchev–Trinajstić information content (AvgIpc) is 2.85. The molecule has 1 fully saturated rings. The van der Waals surface area contributed by atoms with Gasteiger partial charge < -0.3 is 10.2 Å². The van der Waals surface area contributed by atoms with E-state index in [9.17, 15) is 14.4 Å². The van der Waals surface area contributed by atoms with E-state index in [2.05, 4.69) is 5.32 Å². The van der Waals surface area contributed by atoms with Crippen LogP contribution in [-0.4, -0.2) is 54.7 Å². The third-order valence-corrected chi connectivity index (χ3v) is 4.02. The molecule has 1 heterocycles. The fourth-order valence-electron chi connectivity index (χ4n) is 2.66. The third-order valence-electron chi connectivity index (χ3n) is 4.02. The molecular weight excluding hydrogens is 294 g/mol. The molecule has 1 aromatic rings. The smallest absolute Gasteiger partial charge is 0.229 e. The van der Waals surface area contributed by atoms with Crippen LogP contribution in [0.15, 0.2) is 30.3 Å². The average molecular weight is 317 g/mol. The van der Waals surface area contributed by atoms with Crippen LogP contribution in [0.1, 0.15) is 30.9 Å². The maximum atomic E-state index is 12.0. The zero-order valence-electron chi connectivity index (χ0n) is 13.6. The molecule has 0 spiro atoms. The van der Waals surface area contributed by atoms with Crippen molar-refractivity contribution in [2.45, 2.75) is 25.3 Å². The van der Waals surface area contributed by atoms with Gasteiger partial charge >= 0.3 is 0 Å². The van der Waals surface area contributed by atoms with E-state index in [0.717, 1.165) is 5.56 Å². The molecule has 0 aromatic heterocycles. The van der Waals surface area contributed by atoms with Crippen LogP contribution in [0.3, 0.4) is 0 Å². The van der Waals surface area contributed by atoms with Crippen LogP contribution >= 0.6 is 0 Å². The van der Waals surface area contributed by atoms with Crippen molar-refractivity contribution in [3.05, 3.63) is 35.9 Å². The lowest BCUT2D eigenvalue weighted by atomic mass is 10.1. The van der Waals surface area contributed by atoms with Gasteiger partial charge in [-0.1, -0.05) is 30.3 Å². The molecule has 1 aliphatic heterocycles. The molecule has 1 aliphatic rings. The Balaban J connectivity index is 1.82. The fourth-order valence-corrected chi connectivity index (χ4v) is 2.66. The lowest BCUT2D eigenvalue weighted by molar-refractivity contribution is -0.138. The number of likely N-dealkylation sites (tertiary alicyclic amines) is 1. The topological polar surface area (TPSA) is 69.7 Å². The molecule has 0 aliphatic carbocycles. The Morgan fingerprint density at radius 1 is 1.17 bits per heavy atom. The van der Waals surface area contributed by atoms with Crippen LogP contribution in [0.25, 0.3) is 0 Å². The number of benzene rings is 1. The fraction of sp³-hybridized carbons (Fsp3) is 0.471. The van der Waals surface area contributed by atoms with Gasteiger partial charge in [-0.3, -0.25) is 19.3 Å². The van der Waals surface area contributed by atoms with Crippen LogP contribution in [0.2, 0.25) is 0 Å². The summed E-state index contributed by atoms with van der Waals surface area (Å²) in [6.07, 6.45) is 0.667. The second-order valence-electron chi connectivity index (χ2n) is 5.88. The zero-order chi connectivity index (χ0) is 16.8. The Morgan fingerprint density at radius 3 is 2.35 bits per heavy atom. The van der Waals surface area contributed by atoms with Gasteiger partial charge in [0.1, 0.15) is 0 Å². The summed E-state index contributed by atoms with van der Waals surface area (Å²) >= 11 is 0. The van der Waals surface area contributed by atoms with Gasteiger partial charge in [0.05, 0.1) is 6.04 Å². The second kappa shape index (κ2) is 7.87. The Kier molecular flexibility index (Phi) is 5.87. The summed E-state index contributed by atoms with van der Waals surface area (Å²) in [6.45, 7) is 0.652. The number of carbonyl (C=O) groups excluding carboxylic acids is 3. The zero-order valence-corrected chi connectivity index (χ0v) is 13.6. The van der Waals surface area contributed by atoms with Crippen LogP contribution in [0.4, 0.5) is 0 Å². The minimum atomic E-state index is -0.182. The Morgan fingerprint density at radius 2 is 1.78 bits per heavy atom. The van der Waals surface area contributed by atoms with Gasteiger partial charge in [-0.15, -0.1) is 0 Å². The van der Waals surface area contributed by atoms with Crippen molar-refractivity contribution >= 4 is 17.7 Å². The highest BCUT2D eigenvalue weighted by atomic mass is 16.2. The van der Waals surface area contributed by atoms with Crippen molar-refractivity contribution in [2.24, 2.45) is 0 Å². The summed E-state index contributed by atoms with van der Waals surface area (Å²) < 4.78 is 0. The summed E-state index contributed by atoms with van der Waals surface area (Å²) in [4.78, 5) is 38.2. The van der Waals surface area contributed by atoms with Crippen LogP contribution in [0, 0.1) is 0 Å². The number of amides is 3. The number of hydrogen-bond donors (Lipinski definition) is 1. The molecule has 1 N–H and O–H groups in total. The molecule has 1 atom stereocenters. The molecule has 0 radical (unpaired) electrons. The van der Waals surface area contributed by atoms with Crippen molar-refractivity contribution in [2.75, 3.05) is 27.2 Å². The number of imide groups is 1. The van der Waals surface area contributed by atoms with E-state index < -0.39 is 0 Å². The highest BCUT2D eigenvalue weighted by Gasteiger charge is 2.28. The van der Waals surface area contributed by atoms with E-state index in [1.54, 1.807) is 0 Å². The van der Waals surface area contributed by atoms with Gasteiger partial charge in [-0.25, -0.2) is 0 Å². The molecule has 23 heavy (non-hydrogen) atoms. The highest BCUT2D eigenvalue weighted by Crippen LogP contribution is 2.17. The quantitative estimate of drug-likeness (QED) is 0.760. The van der Waals surface area contributed by atoms with Crippen LogP contribution in [-0.2, 0) is 14.4 Å². The van der Waals surface area contributed by atoms with E-state index in [1.165, 1.54) is 4.90 Å². The highest BCUT2D eigenvalue weighted by molar-refractivity contribution is 6.02. The summed E-state index contributed by atoms with van der Waals surface area (Å²) in [7, 11) is 3.93. The molecule has 6 heteroatoms. The molecule has 124 valence electrons. The molecule has 1 saturated heterocycles. The SMILES string of the molecule is CN(C)[C@@H](CNC(=O)CCN1C(=O)CCC1=O)c1ccccc1. The van der Waals surface area contributed by atoms with Gasteiger partial charge in [0.2, 0.25) is 17.7 Å². The van der Waals surface area contributed by atoms with E-state index >= 15 is 0 Å². The molecule has 1 aromatic carbocycles. The van der Waals surface area contributed by atoms with Crippen LogP contribution < -0.4 is 5.32 Å². The Bertz CT molecular complexity index is 556. The minimum Gasteiger partial charge on any atom is -0.354 e. The Hall–Kier alpha value is -2.21. The number of carbonyl (C=O) groups is 3. The van der Waals surface area contributed by atoms with Crippen molar-refractivity contribution in [1.29, 1.82) is 0 Å². The number of hydrogen-bond acceptors (Lipinski definition) is 4. The molecule has 0 saturated carbocycles. The standard InChI is InChI=1S/C17H23N3O3/c1-19(2)14(13-6-4-3-5-7-13)12-18-15(21)10-11-20-16(22)8-9-17(20)23/h3-7,14H,8-12H2,1-2H3,(H,18,21)/t14-/m0/s1. The van der Waals surface area contributed by atoms with Crippen molar-refractivity contribution in [1.82, 2.24) is 15.1 Å². The van der Waals surface area contributed by atoms with Gasteiger partial charge in [0, 0.05) is 32.4 Å². The minimum absolute atomic E-state index is 0.0789. The van der Waals surface area contributed by atoms with Gasteiger partial charge in [-0.05, 0) is 19.7 Å². The van der Waals surface area contributed by atoms with Crippen molar-refractivity contribution in [3.63, 3.8) is 0 Å². The van der Waals surface area contributed by atoms with Crippen molar-refractivity contribution < 1.29 is 14.4 Å². The van der Waals surface area contributed by atoms with Gasteiger partial charge in [0.15, 0.2) is 0 Å². The maximum Gasteiger partial charge on any atom is 0.229 e. The Labute approximate surface area is 136 Å². The summed E-state index contributed by atoms with van der Waals surface area (Å²) in [6, 6.07) is 10.0. The largest absolute Gasteiger partial charge is 0.354 e. The molecule has 6 nitrogen and oxygen atoms in total. The van der Waals surface area contributed by atoms with E-state index in [-0.39, 0.29) is 49.6 Å². The number of likely N-dealkylation sites (N-methyl/N-ethyl adjacent to an activating group) is 1. The first-order chi connectivity index (χ1) is 11.0. The van der Waals surface area contributed by atoms with E-state index in [1.807, 2.05) is 49.3 Å². The van der Waals surface area contributed by atoms with E-state index in [4.69, 9.17) is 0 Å². The molecule has 3 amide bonds. The van der Waals surface area contributed by atoms with E-state index in [0.29, 0.717) is 6.54 Å². The van der Waals surface area contributed by atoms with Crippen LogP contribution in [0.5, 0.6) is 0 Å². The molecule has 0 bridgehead atoms. The predicted octanol–water partition coefficient (Wildman–Crippen LogP) is 0.945. The number of nitrogens with one attached hydrogen (secondary N) is 1. The number of rotatable bonds is 7. The summed E-state index contributed by atoms with van der Waals surface area (Å²) in [5.41, 5.74) is 1.13. The molecule has 0 unspecified atom stereocenters. The first-order valence-corrected chi connectivity index (χ1v) is 7.80. The third kappa shape index (κ3) is 4.63. The van der Waals surface area contributed by atoms with Gasteiger partial charge in [0.25, 0.3) is 0 Å². The predicted molar refractivity (Wildman–Crippen MR) is 86.5 cm³/mol.